The zero-order chi connectivity index (χ0) is 30.2. The Morgan fingerprint density at radius 2 is 1.88 bits per heavy atom. The Balaban J connectivity index is 1.39. The number of benzene rings is 2. The number of thiocarbonyl (C=S) groups is 1. The van der Waals surface area contributed by atoms with Crippen LogP contribution in [0.3, 0.4) is 0 Å². The van der Waals surface area contributed by atoms with Crippen LogP contribution in [0.1, 0.15) is 43.8 Å². The second-order valence-electron chi connectivity index (χ2n) is 11.3. The predicted octanol–water partition coefficient (Wildman–Crippen LogP) is 7.57. The number of hydrogen-bond acceptors (Lipinski definition) is 7. The Morgan fingerprint density at radius 3 is 2.56 bits per heavy atom. The number of aromatic nitrogens is 1. The van der Waals surface area contributed by atoms with E-state index in [0.29, 0.717) is 44.8 Å². The van der Waals surface area contributed by atoms with E-state index in [1.54, 1.807) is 12.3 Å². The molecule has 2 saturated heterocycles. The third-order valence-electron chi connectivity index (χ3n) is 8.10. The molecule has 2 aromatic heterocycles. The van der Waals surface area contributed by atoms with Crippen LogP contribution in [0.2, 0.25) is 5.02 Å². The summed E-state index contributed by atoms with van der Waals surface area (Å²) in [6.45, 7) is 6.51. The fraction of sp³-hybridized carbons (Fsp3) is 0.312. The topological polar surface area (TPSA) is 96.9 Å². The number of pyridine rings is 1. The van der Waals surface area contributed by atoms with Crippen LogP contribution in [0.5, 0.6) is 5.75 Å². The number of ether oxygens (including phenoxy) is 1. The first-order valence-electron chi connectivity index (χ1n) is 14.2. The van der Waals surface area contributed by atoms with Crippen LogP contribution in [0.4, 0.5) is 17.1 Å². The predicted molar refractivity (Wildman–Crippen MR) is 172 cm³/mol. The lowest BCUT2D eigenvalue weighted by atomic mass is 9.91. The lowest BCUT2D eigenvalue weighted by molar-refractivity contribution is -0.384. The Morgan fingerprint density at radius 1 is 1.09 bits per heavy atom. The summed E-state index contributed by atoms with van der Waals surface area (Å²) in [6, 6.07) is 19.3. The molecule has 4 heterocycles. The van der Waals surface area contributed by atoms with Crippen molar-refractivity contribution in [2.45, 2.75) is 32.4 Å². The van der Waals surface area contributed by atoms with Crippen molar-refractivity contribution in [3.8, 4) is 17.1 Å². The first-order chi connectivity index (χ1) is 20.7. The summed E-state index contributed by atoms with van der Waals surface area (Å²) in [6.07, 6.45) is 2.97. The van der Waals surface area contributed by atoms with Crippen molar-refractivity contribution in [1.29, 1.82) is 0 Å². The van der Waals surface area contributed by atoms with Gasteiger partial charge in [0, 0.05) is 31.0 Å². The number of rotatable bonds is 7. The number of nitrogens with one attached hydrogen (secondary N) is 1. The van der Waals surface area contributed by atoms with Gasteiger partial charge in [0.05, 0.1) is 46.1 Å². The van der Waals surface area contributed by atoms with Gasteiger partial charge in [0.2, 0.25) is 0 Å². The van der Waals surface area contributed by atoms with E-state index in [4.69, 9.17) is 33.0 Å². The monoisotopic (exact) mass is 617 g/mol. The average molecular weight is 618 g/mol. The highest BCUT2D eigenvalue weighted by atomic mass is 35.5. The van der Waals surface area contributed by atoms with Crippen molar-refractivity contribution in [1.82, 2.24) is 10.3 Å². The van der Waals surface area contributed by atoms with Crippen LogP contribution < -0.4 is 19.9 Å². The van der Waals surface area contributed by atoms with E-state index in [-0.39, 0.29) is 11.7 Å². The van der Waals surface area contributed by atoms with Crippen LogP contribution in [0.15, 0.2) is 77.3 Å². The van der Waals surface area contributed by atoms with Gasteiger partial charge < -0.3 is 24.3 Å². The molecule has 2 aliphatic heterocycles. The van der Waals surface area contributed by atoms with Crippen LogP contribution in [0.25, 0.3) is 11.3 Å². The molecule has 0 saturated carbocycles. The van der Waals surface area contributed by atoms with Gasteiger partial charge in [0.1, 0.15) is 23.3 Å². The Bertz CT molecular complexity index is 1650. The Hall–Kier alpha value is -4.15. The van der Waals surface area contributed by atoms with E-state index in [0.717, 1.165) is 30.2 Å². The molecule has 2 fully saturated rings. The van der Waals surface area contributed by atoms with E-state index < -0.39 is 11.0 Å². The molecule has 9 nitrogen and oxygen atoms in total. The van der Waals surface area contributed by atoms with E-state index in [9.17, 15) is 10.1 Å². The maximum absolute atomic E-state index is 11.3. The molecule has 4 aromatic rings. The standard InChI is InChI=1S/C32H32ClN5O4S/c1-19-14-20(2)18-36(17-19)26-10-8-21(15-24(26)33)37-31(30(35-32(37)43)25-6-4-5-13-34-25)28-12-11-27(42-28)23-9-7-22(38(39)40)16-29(23)41-3/h4-13,15-16,19-20,30-31H,14,17-18H2,1-3H3,(H,35,43)/t19-,20-,30-,31+/m0/s1. The second kappa shape index (κ2) is 11.9. The number of nitrogens with zero attached hydrogens (tertiary/aromatic N) is 4. The smallest absolute Gasteiger partial charge is 0.273 e. The zero-order valence-corrected chi connectivity index (χ0v) is 25.6. The van der Waals surface area contributed by atoms with Crippen molar-refractivity contribution >= 4 is 46.0 Å². The largest absolute Gasteiger partial charge is 0.496 e. The third kappa shape index (κ3) is 5.64. The number of hydrogen-bond donors (Lipinski definition) is 1. The molecule has 0 unspecified atom stereocenters. The van der Waals surface area contributed by atoms with E-state index in [1.165, 1.54) is 25.7 Å². The highest BCUT2D eigenvalue weighted by Gasteiger charge is 2.43. The lowest BCUT2D eigenvalue weighted by Gasteiger charge is -2.37. The number of halogens is 1. The van der Waals surface area contributed by atoms with Gasteiger partial charge in [-0.1, -0.05) is 31.5 Å². The number of non-ortho nitro benzene ring substituents is 1. The molecule has 0 spiro atoms. The minimum atomic E-state index is -0.455. The van der Waals surface area contributed by atoms with Gasteiger partial charge in [-0.25, -0.2) is 0 Å². The molecule has 0 bridgehead atoms. The van der Waals surface area contributed by atoms with Crippen molar-refractivity contribution in [2.75, 3.05) is 30.0 Å². The number of furan rings is 1. The van der Waals surface area contributed by atoms with E-state index in [1.807, 2.05) is 41.3 Å². The molecule has 222 valence electrons. The number of nitro benzene ring substituents is 1. The lowest BCUT2D eigenvalue weighted by Crippen LogP contribution is -2.38. The van der Waals surface area contributed by atoms with Crippen LogP contribution in [-0.2, 0) is 0 Å². The molecule has 6 rings (SSSR count). The van der Waals surface area contributed by atoms with Gasteiger partial charge in [0.25, 0.3) is 5.69 Å². The summed E-state index contributed by atoms with van der Waals surface area (Å²) in [5, 5.41) is 16.0. The molecule has 0 radical (unpaired) electrons. The summed E-state index contributed by atoms with van der Waals surface area (Å²) >= 11 is 12.8. The SMILES string of the molecule is COc1cc([N+](=O)[O-])ccc1-c1ccc([C@@H]2[C@H](c3ccccn3)NC(=S)N2c2ccc(N3C[C@@H](C)C[C@H](C)C3)c(Cl)c2)o1. The molecule has 2 aliphatic rings. The summed E-state index contributed by atoms with van der Waals surface area (Å²) < 4.78 is 11.9. The Kier molecular flexibility index (Phi) is 7.98. The second-order valence-corrected chi connectivity index (χ2v) is 12.1. The maximum atomic E-state index is 11.3. The van der Waals surface area contributed by atoms with Gasteiger partial charge in [-0.15, -0.1) is 0 Å². The molecular formula is C32H32ClN5O4S. The van der Waals surface area contributed by atoms with Gasteiger partial charge in [-0.05, 0) is 79.0 Å². The number of nitro groups is 1. The number of methoxy groups -OCH3 is 1. The van der Waals surface area contributed by atoms with Crippen LogP contribution in [0, 0.1) is 22.0 Å². The first-order valence-corrected chi connectivity index (χ1v) is 15.0. The molecular weight excluding hydrogens is 586 g/mol. The van der Waals surface area contributed by atoms with Crippen LogP contribution >= 0.6 is 23.8 Å². The van der Waals surface area contributed by atoms with Gasteiger partial charge in [-0.2, -0.15) is 0 Å². The van der Waals surface area contributed by atoms with Crippen LogP contribution in [-0.4, -0.2) is 35.2 Å². The first kappa shape index (κ1) is 28.9. The maximum Gasteiger partial charge on any atom is 0.273 e. The zero-order valence-electron chi connectivity index (χ0n) is 24.1. The van der Waals surface area contributed by atoms with Gasteiger partial charge in [-0.3, -0.25) is 15.1 Å². The molecule has 0 amide bonds. The Labute approximate surface area is 260 Å². The molecule has 4 atom stereocenters. The van der Waals surface area contributed by atoms with E-state index >= 15 is 0 Å². The average Bonchev–Trinajstić information content (AvgIpc) is 3.61. The number of piperidine rings is 1. The molecule has 43 heavy (non-hydrogen) atoms. The van der Waals surface area contributed by atoms with Crippen molar-refractivity contribution in [3.63, 3.8) is 0 Å². The van der Waals surface area contributed by atoms with Crippen molar-refractivity contribution in [3.05, 3.63) is 99.5 Å². The fourth-order valence-electron chi connectivity index (χ4n) is 6.34. The van der Waals surface area contributed by atoms with Gasteiger partial charge in [0.15, 0.2) is 5.11 Å². The third-order valence-corrected chi connectivity index (χ3v) is 8.71. The molecule has 2 aromatic carbocycles. The number of anilines is 2. The summed E-state index contributed by atoms with van der Waals surface area (Å²) in [4.78, 5) is 19.9. The molecule has 1 N–H and O–H groups in total. The minimum absolute atomic E-state index is 0.0621. The van der Waals surface area contributed by atoms with E-state index in [2.05, 4.69) is 41.2 Å². The quantitative estimate of drug-likeness (QED) is 0.128. The highest BCUT2D eigenvalue weighted by Crippen LogP contribution is 2.45. The minimum Gasteiger partial charge on any atom is -0.496 e. The molecule has 0 aliphatic carbocycles. The summed E-state index contributed by atoms with van der Waals surface area (Å²) in [7, 11) is 1.48. The van der Waals surface area contributed by atoms with Crippen molar-refractivity contribution in [2.24, 2.45) is 11.8 Å². The highest BCUT2D eigenvalue weighted by molar-refractivity contribution is 7.80. The van der Waals surface area contributed by atoms with Crippen molar-refractivity contribution < 1.29 is 14.1 Å². The molecule has 11 heteroatoms. The fourth-order valence-corrected chi connectivity index (χ4v) is 6.98. The normalized spacial score (nSPS) is 22.0. The summed E-state index contributed by atoms with van der Waals surface area (Å²) in [5.41, 5.74) is 3.20. The summed E-state index contributed by atoms with van der Waals surface area (Å²) in [5.74, 6) is 2.69. The van der Waals surface area contributed by atoms with Gasteiger partial charge >= 0.3 is 0 Å².